The molecule has 1 aromatic carbocycles. The third-order valence-corrected chi connectivity index (χ3v) is 3.84. The van der Waals surface area contributed by atoms with E-state index in [1.54, 1.807) is 13.3 Å². The topological polar surface area (TPSA) is 43.4 Å². The lowest BCUT2D eigenvalue weighted by molar-refractivity contribution is 0.143. The van der Waals surface area contributed by atoms with Crippen LogP contribution in [0.3, 0.4) is 0 Å². The summed E-state index contributed by atoms with van der Waals surface area (Å²) < 4.78 is 11.3. The van der Waals surface area contributed by atoms with Gasteiger partial charge in [0.1, 0.15) is 11.9 Å². The van der Waals surface area contributed by atoms with Crippen molar-refractivity contribution in [2.45, 2.75) is 12.5 Å². The van der Waals surface area contributed by atoms with E-state index in [2.05, 4.69) is 34.6 Å². The van der Waals surface area contributed by atoms with E-state index in [1.165, 1.54) is 5.56 Å². The molecule has 0 spiro atoms. The zero-order valence-electron chi connectivity index (χ0n) is 12.2. The zero-order valence-corrected chi connectivity index (χ0v) is 12.2. The van der Waals surface area contributed by atoms with Crippen molar-refractivity contribution in [2.75, 3.05) is 20.2 Å². The summed E-state index contributed by atoms with van der Waals surface area (Å²) in [6, 6.07) is 14.1. The molecule has 0 bridgehead atoms. The van der Waals surface area contributed by atoms with Gasteiger partial charge in [0.05, 0.1) is 13.3 Å². The van der Waals surface area contributed by atoms with Crippen LogP contribution in [-0.2, 0) is 0 Å². The average molecular weight is 284 g/mol. The Labute approximate surface area is 125 Å². The van der Waals surface area contributed by atoms with E-state index in [4.69, 9.17) is 9.47 Å². The minimum Gasteiger partial charge on any atom is -0.484 e. The second kappa shape index (κ2) is 6.59. The predicted octanol–water partition coefficient (Wildman–Crippen LogP) is 2.82. The zero-order chi connectivity index (χ0) is 14.5. The van der Waals surface area contributed by atoms with Gasteiger partial charge in [-0.1, -0.05) is 30.3 Å². The molecular formula is C17H20N2O2. The third-order valence-electron chi connectivity index (χ3n) is 3.84. The number of ether oxygens (including phenoxy) is 2. The third kappa shape index (κ3) is 3.34. The number of nitrogens with zero attached hydrogens (tertiary/aromatic N) is 1. The van der Waals surface area contributed by atoms with Gasteiger partial charge in [-0.15, -0.1) is 0 Å². The molecule has 2 aromatic rings. The number of pyridine rings is 1. The molecule has 1 aromatic heterocycles. The van der Waals surface area contributed by atoms with Crippen molar-refractivity contribution in [3.05, 3.63) is 54.2 Å². The standard InChI is InChI=1S/C17H20N2O2/c1-20-16-8-7-15(12-19-16)21-17(14-9-10-18-11-14)13-5-3-2-4-6-13/h2-8,12,14,17-18H,9-11H2,1H3/t14?,17-/m1/s1. The Morgan fingerprint density at radius 2 is 2.05 bits per heavy atom. The SMILES string of the molecule is COc1ccc(O[C@H](c2ccccc2)C2CCNC2)cn1. The van der Waals surface area contributed by atoms with Crippen LogP contribution in [0.2, 0.25) is 0 Å². The van der Waals surface area contributed by atoms with Gasteiger partial charge in [-0.25, -0.2) is 4.98 Å². The summed E-state index contributed by atoms with van der Waals surface area (Å²) in [6.45, 7) is 2.04. The summed E-state index contributed by atoms with van der Waals surface area (Å²) in [5.41, 5.74) is 1.21. The molecule has 110 valence electrons. The molecule has 0 saturated carbocycles. The van der Waals surface area contributed by atoms with E-state index < -0.39 is 0 Å². The highest BCUT2D eigenvalue weighted by molar-refractivity contribution is 5.26. The van der Waals surface area contributed by atoms with E-state index in [1.807, 2.05) is 18.2 Å². The number of hydrogen-bond donors (Lipinski definition) is 1. The molecule has 0 radical (unpaired) electrons. The van der Waals surface area contributed by atoms with Crippen LogP contribution in [-0.4, -0.2) is 25.2 Å². The van der Waals surface area contributed by atoms with Gasteiger partial charge < -0.3 is 14.8 Å². The average Bonchev–Trinajstić information content (AvgIpc) is 3.08. The fraction of sp³-hybridized carbons (Fsp3) is 0.353. The number of aromatic nitrogens is 1. The number of benzene rings is 1. The first-order valence-corrected chi connectivity index (χ1v) is 7.29. The lowest BCUT2D eigenvalue weighted by Gasteiger charge is -2.24. The van der Waals surface area contributed by atoms with Gasteiger partial charge in [-0.3, -0.25) is 0 Å². The molecule has 4 heteroatoms. The van der Waals surface area contributed by atoms with Crippen LogP contribution in [0, 0.1) is 5.92 Å². The Hall–Kier alpha value is -2.07. The minimum absolute atomic E-state index is 0.0522. The van der Waals surface area contributed by atoms with Gasteiger partial charge in [0.25, 0.3) is 0 Å². The molecule has 3 rings (SSSR count). The Bertz CT molecular complexity index is 551. The second-order valence-electron chi connectivity index (χ2n) is 5.24. The molecule has 1 saturated heterocycles. The quantitative estimate of drug-likeness (QED) is 0.917. The summed E-state index contributed by atoms with van der Waals surface area (Å²) in [7, 11) is 1.61. The van der Waals surface area contributed by atoms with Gasteiger partial charge in [0.2, 0.25) is 5.88 Å². The van der Waals surface area contributed by atoms with Crippen molar-refractivity contribution in [3.8, 4) is 11.6 Å². The number of hydrogen-bond acceptors (Lipinski definition) is 4. The molecule has 0 aliphatic carbocycles. The molecule has 1 N–H and O–H groups in total. The van der Waals surface area contributed by atoms with Crippen LogP contribution in [0.1, 0.15) is 18.1 Å². The molecule has 0 amide bonds. The maximum absolute atomic E-state index is 6.23. The maximum Gasteiger partial charge on any atom is 0.213 e. The van der Waals surface area contributed by atoms with Gasteiger partial charge in [0.15, 0.2) is 0 Å². The Kier molecular flexibility index (Phi) is 4.36. The Morgan fingerprint density at radius 3 is 2.67 bits per heavy atom. The number of methoxy groups -OCH3 is 1. The van der Waals surface area contributed by atoms with E-state index >= 15 is 0 Å². The van der Waals surface area contributed by atoms with Crippen LogP contribution in [0.25, 0.3) is 0 Å². The summed E-state index contributed by atoms with van der Waals surface area (Å²) in [5, 5.41) is 3.41. The predicted molar refractivity (Wildman–Crippen MR) is 81.6 cm³/mol. The van der Waals surface area contributed by atoms with Crippen LogP contribution in [0.4, 0.5) is 0 Å². The lowest BCUT2D eigenvalue weighted by atomic mass is 9.95. The van der Waals surface area contributed by atoms with Gasteiger partial charge in [-0.05, 0) is 24.6 Å². The first kappa shape index (κ1) is 13.9. The first-order chi connectivity index (χ1) is 10.4. The fourth-order valence-corrected chi connectivity index (χ4v) is 2.72. The summed E-state index contributed by atoms with van der Waals surface area (Å²) in [4.78, 5) is 4.21. The Morgan fingerprint density at radius 1 is 1.19 bits per heavy atom. The summed E-state index contributed by atoms with van der Waals surface area (Å²) in [6.07, 6.45) is 2.90. The van der Waals surface area contributed by atoms with Crippen molar-refractivity contribution in [1.82, 2.24) is 10.3 Å². The van der Waals surface area contributed by atoms with E-state index in [0.717, 1.165) is 25.3 Å². The molecule has 1 unspecified atom stereocenters. The van der Waals surface area contributed by atoms with Crippen molar-refractivity contribution in [3.63, 3.8) is 0 Å². The second-order valence-corrected chi connectivity index (χ2v) is 5.24. The summed E-state index contributed by atoms with van der Waals surface area (Å²) >= 11 is 0. The highest BCUT2D eigenvalue weighted by Crippen LogP contribution is 2.32. The molecule has 21 heavy (non-hydrogen) atoms. The van der Waals surface area contributed by atoms with E-state index in [9.17, 15) is 0 Å². The largest absolute Gasteiger partial charge is 0.484 e. The first-order valence-electron chi connectivity index (χ1n) is 7.29. The van der Waals surface area contributed by atoms with Gasteiger partial charge in [0, 0.05) is 18.5 Å². The maximum atomic E-state index is 6.23. The van der Waals surface area contributed by atoms with Crippen molar-refractivity contribution < 1.29 is 9.47 Å². The molecule has 1 aliphatic rings. The van der Waals surface area contributed by atoms with Gasteiger partial charge in [-0.2, -0.15) is 0 Å². The monoisotopic (exact) mass is 284 g/mol. The number of rotatable bonds is 5. The van der Waals surface area contributed by atoms with Crippen LogP contribution < -0.4 is 14.8 Å². The molecule has 2 heterocycles. The van der Waals surface area contributed by atoms with Crippen molar-refractivity contribution in [2.24, 2.45) is 5.92 Å². The molecule has 1 fully saturated rings. The van der Waals surface area contributed by atoms with Crippen LogP contribution in [0.15, 0.2) is 48.7 Å². The van der Waals surface area contributed by atoms with E-state index in [0.29, 0.717) is 11.8 Å². The van der Waals surface area contributed by atoms with Gasteiger partial charge >= 0.3 is 0 Å². The lowest BCUT2D eigenvalue weighted by Crippen LogP contribution is -2.21. The van der Waals surface area contributed by atoms with Crippen molar-refractivity contribution >= 4 is 0 Å². The highest BCUT2D eigenvalue weighted by Gasteiger charge is 2.28. The normalized spacial score (nSPS) is 19.2. The van der Waals surface area contributed by atoms with Crippen LogP contribution >= 0.6 is 0 Å². The molecular weight excluding hydrogens is 264 g/mol. The Balaban J connectivity index is 1.81. The fourth-order valence-electron chi connectivity index (χ4n) is 2.72. The van der Waals surface area contributed by atoms with Crippen molar-refractivity contribution in [1.29, 1.82) is 0 Å². The highest BCUT2D eigenvalue weighted by atomic mass is 16.5. The van der Waals surface area contributed by atoms with Crippen LogP contribution in [0.5, 0.6) is 11.6 Å². The van der Waals surface area contributed by atoms with E-state index in [-0.39, 0.29) is 6.10 Å². The number of nitrogens with one attached hydrogen (secondary N) is 1. The molecule has 1 aliphatic heterocycles. The smallest absolute Gasteiger partial charge is 0.213 e. The minimum atomic E-state index is 0.0522. The molecule has 4 nitrogen and oxygen atoms in total. The summed E-state index contributed by atoms with van der Waals surface area (Å²) in [5.74, 6) is 1.85. The molecule has 2 atom stereocenters.